The van der Waals surface area contributed by atoms with Crippen molar-refractivity contribution < 1.29 is 19.5 Å². The van der Waals surface area contributed by atoms with E-state index in [1.807, 2.05) is 11.8 Å². The molecule has 0 bridgehead atoms. The van der Waals surface area contributed by atoms with Crippen molar-refractivity contribution in [3.63, 3.8) is 0 Å². The highest BCUT2D eigenvalue weighted by atomic mass is 16.4. The lowest BCUT2D eigenvalue weighted by molar-refractivity contribution is -0.137. The second kappa shape index (κ2) is 8.69. The molecule has 26 heavy (non-hydrogen) atoms. The maximum Gasteiger partial charge on any atom is 0.321 e. The predicted molar refractivity (Wildman–Crippen MR) is 99.4 cm³/mol. The van der Waals surface area contributed by atoms with Gasteiger partial charge in [-0.1, -0.05) is 6.92 Å². The van der Waals surface area contributed by atoms with Gasteiger partial charge in [-0.2, -0.15) is 0 Å². The average molecular weight is 361 g/mol. The van der Waals surface area contributed by atoms with Gasteiger partial charge in [0.15, 0.2) is 0 Å². The first-order valence-electron chi connectivity index (χ1n) is 8.91. The van der Waals surface area contributed by atoms with Crippen LogP contribution in [0.2, 0.25) is 0 Å². The maximum atomic E-state index is 12.6. The first-order chi connectivity index (χ1) is 12.3. The van der Waals surface area contributed by atoms with E-state index in [2.05, 4.69) is 12.2 Å². The Kier molecular flexibility index (Phi) is 6.60. The lowest BCUT2D eigenvalue weighted by Crippen LogP contribution is -2.38. The summed E-state index contributed by atoms with van der Waals surface area (Å²) in [6.45, 7) is 5.74. The van der Waals surface area contributed by atoms with Crippen LogP contribution in [0.15, 0.2) is 18.2 Å². The largest absolute Gasteiger partial charge is 0.481 e. The minimum absolute atomic E-state index is 0.0245. The number of rotatable bonds is 5. The molecule has 1 aromatic carbocycles. The summed E-state index contributed by atoms with van der Waals surface area (Å²) in [6.07, 6.45) is 1.95. The molecule has 0 unspecified atom stereocenters. The van der Waals surface area contributed by atoms with Gasteiger partial charge in [-0.25, -0.2) is 4.79 Å². The van der Waals surface area contributed by atoms with E-state index >= 15 is 0 Å². The van der Waals surface area contributed by atoms with Crippen molar-refractivity contribution in [3.05, 3.63) is 29.3 Å². The number of carbonyl (C=O) groups excluding carboxylic acids is 2. The molecule has 1 aliphatic rings. The number of nitrogens with one attached hydrogen (secondary N) is 1. The van der Waals surface area contributed by atoms with Gasteiger partial charge in [0.1, 0.15) is 0 Å². The highest BCUT2D eigenvalue weighted by Gasteiger charge is 2.22. The maximum absolute atomic E-state index is 12.6. The molecule has 1 fully saturated rings. The van der Waals surface area contributed by atoms with Gasteiger partial charge < -0.3 is 20.2 Å². The predicted octanol–water partition coefficient (Wildman–Crippen LogP) is 2.81. The summed E-state index contributed by atoms with van der Waals surface area (Å²) in [5.41, 5.74) is 2.02. The molecule has 7 heteroatoms. The van der Waals surface area contributed by atoms with Crippen molar-refractivity contribution in [3.8, 4) is 0 Å². The minimum Gasteiger partial charge on any atom is -0.481 e. The van der Waals surface area contributed by atoms with Crippen LogP contribution in [-0.2, 0) is 4.79 Å². The van der Waals surface area contributed by atoms with Crippen molar-refractivity contribution in [2.24, 2.45) is 5.92 Å². The van der Waals surface area contributed by atoms with Crippen LogP contribution in [0.25, 0.3) is 0 Å². The number of aliphatic carboxylic acids is 1. The number of carboxylic acid groups (broad SMARTS) is 1. The van der Waals surface area contributed by atoms with Crippen molar-refractivity contribution in [1.29, 1.82) is 0 Å². The van der Waals surface area contributed by atoms with Crippen molar-refractivity contribution in [1.82, 2.24) is 9.80 Å². The Morgan fingerprint density at radius 1 is 1.27 bits per heavy atom. The van der Waals surface area contributed by atoms with Crippen LogP contribution in [-0.4, -0.2) is 59.5 Å². The molecule has 1 saturated heterocycles. The van der Waals surface area contributed by atoms with Gasteiger partial charge in [0.25, 0.3) is 5.91 Å². The smallest absolute Gasteiger partial charge is 0.321 e. The van der Waals surface area contributed by atoms with Crippen LogP contribution in [0, 0.1) is 12.8 Å². The Morgan fingerprint density at radius 2 is 1.92 bits per heavy atom. The number of carboxylic acids is 1. The molecule has 0 spiro atoms. The molecule has 0 aliphatic carbocycles. The lowest BCUT2D eigenvalue weighted by Gasteiger charge is -2.30. The second-order valence-corrected chi connectivity index (χ2v) is 7.00. The highest BCUT2D eigenvalue weighted by Crippen LogP contribution is 2.21. The van der Waals surface area contributed by atoms with E-state index in [0.717, 1.165) is 31.5 Å². The van der Waals surface area contributed by atoms with Gasteiger partial charge >= 0.3 is 12.0 Å². The molecule has 7 nitrogen and oxygen atoms in total. The van der Waals surface area contributed by atoms with Crippen LogP contribution in [0.4, 0.5) is 10.5 Å². The third-order valence-electron chi connectivity index (χ3n) is 4.79. The molecule has 142 valence electrons. The molecular weight excluding hydrogens is 334 g/mol. The van der Waals surface area contributed by atoms with Gasteiger partial charge in [0, 0.05) is 37.9 Å². The molecule has 0 atom stereocenters. The standard InChI is InChI=1S/C19H27N3O4/c1-13-6-10-22(11-7-13)18(25)15-4-5-16(14(2)12-15)20-19(26)21(3)9-8-17(23)24/h4-5,12-13H,6-11H2,1-3H3,(H,20,26)(H,23,24). The number of likely N-dealkylation sites (tertiary alicyclic amines) is 1. The third kappa shape index (κ3) is 5.21. The highest BCUT2D eigenvalue weighted by molar-refractivity contribution is 5.96. The SMILES string of the molecule is Cc1cc(C(=O)N2CCC(C)CC2)ccc1NC(=O)N(C)CCC(=O)O. The summed E-state index contributed by atoms with van der Waals surface area (Å²) in [5, 5.41) is 11.4. The average Bonchev–Trinajstić information content (AvgIpc) is 2.61. The Morgan fingerprint density at radius 3 is 2.50 bits per heavy atom. The van der Waals surface area contributed by atoms with Gasteiger partial charge in [0.05, 0.1) is 6.42 Å². The van der Waals surface area contributed by atoms with Crippen molar-refractivity contribution in [2.45, 2.75) is 33.1 Å². The van der Waals surface area contributed by atoms with Gasteiger partial charge in [-0.15, -0.1) is 0 Å². The monoisotopic (exact) mass is 361 g/mol. The van der Waals surface area contributed by atoms with E-state index in [1.165, 1.54) is 4.90 Å². The van der Waals surface area contributed by atoms with Gasteiger partial charge in [-0.3, -0.25) is 9.59 Å². The van der Waals surface area contributed by atoms with E-state index in [0.29, 0.717) is 17.2 Å². The number of amides is 3. The van der Waals surface area contributed by atoms with Crippen molar-refractivity contribution in [2.75, 3.05) is 32.0 Å². The van der Waals surface area contributed by atoms with E-state index in [-0.39, 0.29) is 24.9 Å². The van der Waals surface area contributed by atoms with Gasteiger partial charge in [-0.05, 0) is 49.4 Å². The number of hydrogen-bond donors (Lipinski definition) is 2. The number of aryl methyl sites for hydroxylation is 1. The molecule has 1 aromatic rings. The number of urea groups is 1. The fourth-order valence-electron chi connectivity index (χ4n) is 2.91. The molecule has 3 amide bonds. The summed E-state index contributed by atoms with van der Waals surface area (Å²) >= 11 is 0. The van der Waals surface area contributed by atoms with Crippen LogP contribution in [0.3, 0.4) is 0 Å². The zero-order valence-electron chi connectivity index (χ0n) is 15.6. The van der Waals surface area contributed by atoms with E-state index in [1.54, 1.807) is 25.2 Å². The number of nitrogens with zero attached hydrogens (tertiary/aromatic N) is 2. The lowest BCUT2D eigenvalue weighted by atomic mass is 9.98. The van der Waals surface area contributed by atoms with Crippen LogP contribution >= 0.6 is 0 Å². The van der Waals surface area contributed by atoms with Crippen LogP contribution in [0.1, 0.15) is 42.1 Å². The number of benzene rings is 1. The number of piperidine rings is 1. The molecule has 0 aromatic heterocycles. The van der Waals surface area contributed by atoms with Crippen LogP contribution < -0.4 is 5.32 Å². The zero-order valence-corrected chi connectivity index (χ0v) is 15.6. The molecule has 0 radical (unpaired) electrons. The summed E-state index contributed by atoms with van der Waals surface area (Å²) in [6, 6.07) is 4.85. The normalized spacial score (nSPS) is 14.8. The van der Waals surface area contributed by atoms with E-state index < -0.39 is 5.97 Å². The Balaban J connectivity index is 1.99. The first kappa shape index (κ1) is 19.8. The fraction of sp³-hybridized carbons (Fsp3) is 0.526. The Hall–Kier alpha value is -2.57. The molecule has 1 aliphatic heterocycles. The Labute approximate surface area is 154 Å². The summed E-state index contributed by atoms with van der Waals surface area (Å²) in [7, 11) is 1.54. The molecular formula is C19H27N3O4. The zero-order chi connectivity index (χ0) is 19.3. The summed E-state index contributed by atoms with van der Waals surface area (Å²) < 4.78 is 0. The van der Waals surface area contributed by atoms with E-state index in [4.69, 9.17) is 5.11 Å². The third-order valence-corrected chi connectivity index (χ3v) is 4.79. The number of carbonyl (C=O) groups is 3. The summed E-state index contributed by atoms with van der Waals surface area (Å²) in [4.78, 5) is 38.5. The second-order valence-electron chi connectivity index (χ2n) is 7.00. The molecule has 2 rings (SSSR count). The fourth-order valence-corrected chi connectivity index (χ4v) is 2.91. The van der Waals surface area contributed by atoms with Gasteiger partial charge in [0.2, 0.25) is 0 Å². The number of anilines is 1. The number of hydrogen-bond acceptors (Lipinski definition) is 3. The van der Waals surface area contributed by atoms with Crippen LogP contribution in [0.5, 0.6) is 0 Å². The quantitative estimate of drug-likeness (QED) is 0.844. The Bertz CT molecular complexity index is 681. The van der Waals surface area contributed by atoms with E-state index in [9.17, 15) is 14.4 Å². The minimum atomic E-state index is -0.948. The first-order valence-corrected chi connectivity index (χ1v) is 8.91. The van der Waals surface area contributed by atoms with Crippen molar-refractivity contribution >= 4 is 23.6 Å². The molecule has 2 N–H and O–H groups in total. The molecule has 1 heterocycles. The topological polar surface area (TPSA) is 90.0 Å². The summed E-state index contributed by atoms with van der Waals surface area (Å²) in [5.74, 6) is -0.260. The molecule has 0 saturated carbocycles.